The zero-order valence-corrected chi connectivity index (χ0v) is 15.4. The third-order valence-corrected chi connectivity index (χ3v) is 4.77. The summed E-state index contributed by atoms with van der Waals surface area (Å²) in [4.78, 5) is 29.0. The lowest BCUT2D eigenvalue weighted by Gasteiger charge is -2.40. The SMILES string of the molecule is CCc1c(C)cc(C(=O)N2CCC[C@](O)(CN(C)C)C2)c(=O)n1C. The number of rotatable bonds is 4. The van der Waals surface area contributed by atoms with E-state index < -0.39 is 5.60 Å². The molecule has 0 saturated carbocycles. The smallest absolute Gasteiger partial charge is 0.263 e. The molecule has 0 bridgehead atoms. The summed E-state index contributed by atoms with van der Waals surface area (Å²) in [6.45, 7) is 5.26. The van der Waals surface area contributed by atoms with Crippen LogP contribution in [0.5, 0.6) is 0 Å². The highest BCUT2D eigenvalue weighted by atomic mass is 16.3. The summed E-state index contributed by atoms with van der Waals surface area (Å²) in [5.41, 5.74) is 0.911. The number of β-amino-alcohol motifs (C(OH)–C–C–N with tert-alkyl or cyclic N) is 1. The van der Waals surface area contributed by atoms with Gasteiger partial charge in [0.2, 0.25) is 0 Å². The van der Waals surface area contributed by atoms with E-state index in [-0.39, 0.29) is 23.6 Å². The molecule has 0 unspecified atom stereocenters. The average molecular weight is 335 g/mol. The van der Waals surface area contributed by atoms with Gasteiger partial charge in [-0.1, -0.05) is 6.92 Å². The number of aliphatic hydroxyl groups is 1. The second-order valence-electron chi connectivity index (χ2n) is 7.20. The molecule has 0 spiro atoms. The van der Waals surface area contributed by atoms with E-state index in [4.69, 9.17) is 0 Å². The van der Waals surface area contributed by atoms with Gasteiger partial charge in [-0.15, -0.1) is 0 Å². The Kier molecular flexibility index (Phi) is 5.50. The average Bonchev–Trinajstić information content (AvgIpc) is 2.49. The number of likely N-dealkylation sites (tertiary alicyclic amines) is 1. The number of aromatic nitrogens is 1. The van der Waals surface area contributed by atoms with Gasteiger partial charge in [0.25, 0.3) is 11.5 Å². The van der Waals surface area contributed by atoms with E-state index in [9.17, 15) is 14.7 Å². The van der Waals surface area contributed by atoms with Gasteiger partial charge in [-0.3, -0.25) is 9.59 Å². The molecule has 1 fully saturated rings. The van der Waals surface area contributed by atoms with Crippen LogP contribution >= 0.6 is 0 Å². The molecule has 24 heavy (non-hydrogen) atoms. The van der Waals surface area contributed by atoms with Crippen molar-refractivity contribution in [2.45, 2.75) is 38.7 Å². The molecule has 2 heterocycles. The van der Waals surface area contributed by atoms with Gasteiger partial charge in [0.05, 0.1) is 12.1 Å². The van der Waals surface area contributed by atoms with Crippen molar-refractivity contribution in [2.24, 2.45) is 7.05 Å². The zero-order valence-electron chi connectivity index (χ0n) is 15.4. The molecule has 1 saturated heterocycles. The summed E-state index contributed by atoms with van der Waals surface area (Å²) in [7, 11) is 5.52. The van der Waals surface area contributed by atoms with Gasteiger partial charge in [-0.25, -0.2) is 0 Å². The first-order valence-electron chi connectivity index (χ1n) is 8.54. The van der Waals surface area contributed by atoms with Crippen LogP contribution in [0.15, 0.2) is 10.9 Å². The maximum Gasteiger partial charge on any atom is 0.263 e. The highest BCUT2D eigenvalue weighted by Gasteiger charge is 2.36. The van der Waals surface area contributed by atoms with Crippen LogP contribution in [-0.2, 0) is 13.5 Å². The molecule has 1 aromatic heterocycles. The Morgan fingerprint density at radius 3 is 2.67 bits per heavy atom. The Bertz CT molecular complexity index is 681. The summed E-state index contributed by atoms with van der Waals surface area (Å²) in [6, 6.07) is 1.70. The van der Waals surface area contributed by atoms with Gasteiger partial charge in [0, 0.05) is 25.8 Å². The van der Waals surface area contributed by atoms with Gasteiger partial charge >= 0.3 is 0 Å². The minimum Gasteiger partial charge on any atom is -0.387 e. The van der Waals surface area contributed by atoms with Crippen LogP contribution in [-0.4, -0.2) is 64.7 Å². The fourth-order valence-electron chi connectivity index (χ4n) is 3.77. The number of hydrogen-bond acceptors (Lipinski definition) is 4. The molecule has 6 heteroatoms. The zero-order chi connectivity index (χ0) is 18.1. The Morgan fingerprint density at radius 2 is 2.08 bits per heavy atom. The molecule has 2 rings (SSSR count). The summed E-state index contributed by atoms with van der Waals surface area (Å²) in [5.74, 6) is -0.279. The van der Waals surface area contributed by atoms with Crippen LogP contribution in [0.25, 0.3) is 0 Å². The standard InChI is InChI=1S/C18H29N3O3/c1-6-15-13(2)10-14(16(22)20(15)5)17(23)21-9-7-8-18(24,12-21)11-19(3)4/h10,24H,6-9,11-12H2,1-5H3/t18-/m0/s1. The molecular formula is C18H29N3O3. The number of aryl methyl sites for hydroxylation is 1. The molecule has 1 aliphatic heterocycles. The van der Waals surface area contributed by atoms with E-state index in [0.29, 0.717) is 19.5 Å². The summed E-state index contributed by atoms with van der Waals surface area (Å²) in [6.07, 6.45) is 2.15. The quantitative estimate of drug-likeness (QED) is 0.883. The maximum atomic E-state index is 12.9. The minimum atomic E-state index is -0.916. The minimum absolute atomic E-state index is 0.196. The summed E-state index contributed by atoms with van der Waals surface area (Å²) >= 11 is 0. The molecule has 0 aromatic carbocycles. The number of likely N-dealkylation sites (N-methyl/N-ethyl adjacent to an activating group) is 1. The molecular weight excluding hydrogens is 306 g/mol. The predicted octanol–water partition coefficient (Wildman–Crippen LogP) is 0.785. The lowest BCUT2D eigenvalue weighted by Crippen LogP contribution is -2.55. The molecule has 1 aromatic rings. The van der Waals surface area contributed by atoms with Crippen LogP contribution in [0.1, 0.15) is 41.4 Å². The van der Waals surface area contributed by atoms with Gasteiger partial charge in [0.15, 0.2) is 0 Å². The maximum absolute atomic E-state index is 12.9. The summed E-state index contributed by atoms with van der Waals surface area (Å²) < 4.78 is 1.57. The Hall–Kier alpha value is -1.66. The van der Waals surface area contributed by atoms with Crippen molar-refractivity contribution in [3.05, 3.63) is 33.2 Å². The van der Waals surface area contributed by atoms with Crippen LogP contribution in [0, 0.1) is 6.92 Å². The van der Waals surface area contributed by atoms with Gasteiger partial charge < -0.3 is 19.5 Å². The van der Waals surface area contributed by atoms with Crippen molar-refractivity contribution in [3.8, 4) is 0 Å². The number of piperidine rings is 1. The number of carbonyl (C=O) groups is 1. The lowest BCUT2D eigenvalue weighted by atomic mass is 9.92. The molecule has 0 radical (unpaired) electrons. The van der Waals surface area contributed by atoms with E-state index in [1.54, 1.807) is 22.6 Å². The third kappa shape index (κ3) is 3.70. The second kappa shape index (κ2) is 7.07. The predicted molar refractivity (Wildman–Crippen MR) is 94.4 cm³/mol. The van der Waals surface area contributed by atoms with E-state index in [1.165, 1.54) is 0 Å². The fourth-order valence-corrected chi connectivity index (χ4v) is 3.77. The molecule has 1 atom stereocenters. The summed E-state index contributed by atoms with van der Waals surface area (Å²) in [5, 5.41) is 10.7. The molecule has 134 valence electrons. The normalized spacial score (nSPS) is 21.4. The first kappa shape index (κ1) is 18.7. The number of pyridine rings is 1. The Balaban J connectivity index is 2.31. The topological polar surface area (TPSA) is 65.8 Å². The van der Waals surface area contributed by atoms with E-state index in [0.717, 1.165) is 24.1 Å². The van der Waals surface area contributed by atoms with E-state index >= 15 is 0 Å². The molecule has 1 aliphatic rings. The number of amides is 1. The number of hydrogen-bond donors (Lipinski definition) is 1. The van der Waals surface area contributed by atoms with Crippen LogP contribution in [0.4, 0.5) is 0 Å². The Morgan fingerprint density at radius 1 is 1.42 bits per heavy atom. The first-order chi connectivity index (χ1) is 11.2. The van der Waals surface area contributed by atoms with Crippen molar-refractivity contribution in [1.29, 1.82) is 0 Å². The first-order valence-corrected chi connectivity index (χ1v) is 8.54. The molecule has 1 amide bonds. The molecule has 1 N–H and O–H groups in total. The molecule has 6 nitrogen and oxygen atoms in total. The fraction of sp³-hybridized carbons (Fsp3) is 0.667. The van der Waals surface area contributed by atoms with Crippen LogP contribution in [0.2, 0.25) is 0 Å². The van der Waals surface area contributed by atoms with Crippen molar-refractivity contribution in [1.82, 2.24) is 14.4 Å². The third-order valence-electron chi connectivity index (χ3n) is 4.77. The van der Waals surface area contributed by atoms with Gasteiger partial charge in [-0.2, -0.15) is 0 Å². The largest absolute Gasteiger partial charge is 0.387 e. The second-order valence-corrected chi connectivity index (χ2v) is 7.20. The highest BCUT2D eigenvalue weighted by Crippen LogP contribution is 2.23. The number of carbonyl (C=O) groups excluding carboxylic acids is 1. The van der Waals surface area contributed by atoms with Gasteiger partial charge in [0.1, 0.15) is 5.56 Å². The molecule has 0 aliphatic carbocycles. The van der Waals surface area contributed by atoms with Gasteiger partial charge in [-0.05, 0) is 51.9 Å². The lowest BCUT2D eigenvalue weighted by molar-refractivity contribution is -0.0392. The van der Waals surface area contributed by atoms with Crippen molar-refractivity contribution < 1.29 is 9.90 Å². The number of nitrogens with zero attached hydrogens (tertiary/aromatic N) is 3. The Labute approximate surface area is 143 Å². The highest BCUT2D eigenvalue weighted by molar-refractivity contribution is 5.94. The van der Waals surface area contributed by atoms with Crippen LogP contribution < -0.4 is 5.56 Å². The van der Waals surface area contributed by atoms with Crippen LogP contribution in [0.3, 0.4) is 0 Å². The monoisotopic (exact) mass is 335 g/mol. The van der Waals surface area contributed by atoms with E-state index in [2.05, 4.69) is 0 Å². The van der Waals surface area contributed by atoms with E-state index in [1.807, 2.05) is 32.8 Å². The van der Waals surface area contributed by atoms with Crippen molar-refractivity contribution in [3.63, 3.8) is 0 Å². The van der Waals surface area contributed by atoms with Crippen molar-refractivity contribution >= 4 is 5.91 Å². The van der Waals surface area contributed by atoms with Crippen molar-refractivity contribution in [2.75, 3.05) is 33.7 Å².